The van der Waals surface area contributed by atoms with Crippen LogP contribution in [-0.4, -0.2) is 39.2 Å². The fourth-order valence-electron chi connectivity index (χ4n) is 3.81. The molecule has 140 valence electrons. The van der Waals surface area contributed by atoms with Crippen LogP contribution in [0.4, 0.5) is 0 Å². The smallest absolute Gasteiger partial charge is 0.231 e. The SMILES string of the molecule is C[C@@H](CCn1cccn1)N1CCc2onc(-c3ccc4c(c3)OCO4)c2C1. The lowest BCUT2D eigenvalue weighted by atomic mass is 9.99. The van der Waals surface area contributed by atoms with E-state index in [-0.39, 0.29) is 6.79 Å². The van der Waals surface area contributed by atoms with Gasteiger partial charge in [-0.05, 0) is 37.6 Å². The Morgan fingerprint density at radius 3 is 3.04 bits per heavy atom. The number of ether oxygens (including phenoxy) is 2. The third-order valence-electron chi connectivity index (χ3n) is 5.46. The molecule has 0 saturated carbocycles. The number of aromatic nitrogens is 3. The normalized spacial score (nSPS) is 17.1. The van der Waals surface area contributed by atoms with Gasteiger partial charge < -0.3 is 14.0 Å². The summed E-state index contributed by atoms with van der Waals surface area (Å²) in [6.07, 6.45) is 5.78. The fourth-order valence-corrected chi connectivity index (χ4v) is 3.81. The van der Waals surface area contributed by atoms with Crippen molar-refractivity contribution in [2.75, 3.05) is 13.3 Å². The highest BCUT2D eigenvalue weighted by atomic mass is 16.7. The highest BCUT2D eigenvalue weighted by Crippen LogP contribution is 2.38. The van der Waals surface area contributed by atoms with Crippen molar-refractivity contribution in [3.05, 3.63) is 48.0 Å². The lowest BCUT2D eigenvalue weighted by Crippen LogP contribution is -2.38. The van der Waals surface area contributed by atoms with Gasteiger partial charge in [-0.15, -0.1) is 0 Å². The molecule has 2 aliphatic heterocycles. The van der Waals surface area contributed by atoms with Crippen LogP contribution in [-0.2, 0) is 19.5 Å². The Bertz CT molecular complexity index is 935. The number of nitrogens with zero attached hydrogens (tertiary/aromatic N) is 4. The molecule has 7 heteroatoms. The minimum Gasteiger partial charge on any atom is -0.454 e. The molecule has 2 aromatic heterocycles. The average molecular weight is 366 g/mol. The summed E-state index contributed by atoms with van der Waals surface area (Å²) in [4.78, 5) is 2.50. The average Bonchev–Trinajstić information content (AvgIpc) is 3.45. The zero-order valence-corrected chi connectivity index (χ0v) is 15.3. The second-order valence-corrected chi connectivity index (χ2v) is 7.13. The molecule has 0 aliphatic carbocycles. The molecule has 4 heterocycles. The summed E-state index contributed by atoms with van der Waals surface area (Å²) in [5.74, 6) is 2.55. The van der Waals surface area contributed by atoms with Gasteiger partial charge in [0.15, 0.2) is 11.5 Å². The second kappa shape index (κ2) is 6.74. The molecular weight excluding hydrogens is 344 g/mol. The van der Waals surface area contributed by atoms with Crippen LogP contribution in [0.1, 0.15) is 24.7 Å². The largest absolute Gasteiger partial charge is 0.454 e. The Morgan fingerprint density at radius 2 is 2.15 bits per heavy atom. The Kier molecular flexibility index (Phi) is 4.09. The van der Waals surface area contributed by atoms with Crippen LogP contribution in [0, 0.1) is 0 Å². The topological polar surface area (TPSA) is 65.6 Å². The molecule has 0 saturated heterocycles. The third kappa shape index (κ3) is 3.08. The van der Waals surface area contributed by atoms with E-state index in [0.717, 1.165) is 61.0 Å². The molecular formula is C20H22N4O3. The molecule has 27 heavy (non-hydrogen) atoms. The van der Waals surface area contributed by atoms with E-state index in [1.807, 2.05) is 41.3 Å². The van der Waals surface area contributed by atoms with E-state index in [4.69, 9.17) is 14.0 Å². The van der Waals surface area contributed by atoms with Crippen molar-refractivity contribution in [3.8, 4) is 22.8 Å². The van der Waals surface area contributed by atoms with Crippen LogP contribution in [0.25, 0.3) is 11.3 Å². The van der Waals surface area contributed by atoms with Gasteiger partial charge in [0.05, 0.1) is 0 Å². The van der Waals surface area contributed by atoms with Crippen LogP contribution in [0.5, 0.6) is 11.5 Å². The van der Waals surface area contributed by atoms with Gasteiger partial charge in [0, 0.05) is 55.6 Å². The van der Waals surface area contributed by atoms with Gasteiger partial charge >= 0.3 is 0 Å². The second-order valence-electron chi connectivity index (χ2n) is 7.13. The van der Waals surface area contributed by atoms with Crippen LogP contribution < -0.4 is 9.47 Å². The molecule has 0 N–H and O–H groups in total. The first-order valence-electron chi connectivity index (χ1n) is 9.37. The molecule has 3 aromatic rings. The van der Waals surface area contributed by atoms with E-state index in [1.54, 1.807) is 0 Å². The van der Waals surface area contributed by atoms with Crippen molar-refractivity contribution in [2.24, 2.45) is 0 Å². The zero-order valence-electron chi connectivity index (χ0n) is 15.3. The summed E-state index contributed by atoms with van der Waals surface area (Å²) >= 11 is 0. The van der Waals surface area contributed by atoms with Crippen molar-refractivity contribution in [1.82, 2.24) is 19.8 Å². The molecule has 7 nitrogen and oxygen atoms in total. The van der Waals surface area contributed by atoms with E-state index >= 15 is 0 Å². The summed E-state index contributed by atoms with van der Waals surface area (Å²) in [5, 5.41) is 8.66. The number of rotatable bonds is 5. The summed E-state index contributed by atoms with van der Waals surface area (Å²) in [5.41, 5.74) is 3.11. The van der Waals surface area contributed by atoms with Crippen LogP contribution in [0.3, 0.4) is 0 Å². The van der Waals surface area contributed by atoms with Crippen molar-refractivity contribution >= 4 is 0 Å². The quantitative estimate of drug-likeness (QED) is 0.691. The summed E-state index contributed by atoms with van der Waals surface area (Å²) in [7, 11) is 0. The Balaban J connectivity index is 1.34. The molecule has 0 fully saturated rings. The van der Waals surface area contributed by atoms with E-state index in [1.165, 1.54) is 5.56 Å². The molecule has 2 aliphatic rings. The van der Waals surface area contributed by atoms with Gasteiger partial charge in [0.1, 0.15) is 11.5 Å². The molecule has 0 spiro atoms. The fraction of sp³-hybridized carbons (Fsp3) is 0.400. The van der Waals surface area contributed by atoms with Gasteiger partial charge in [-0.3, -0.25) is 9.58 Å². The Morgan fingerprint density at radius 1 is 1.22 bits per heavy atom. The lowest BCUT2D eigenvalue weighted by molar-refractivity contribution is 0.167. The van der Waals surface area contributed by atoms with E-state index in [2.05, 4.69) is 22.1 Å². The van der Waals surface area contributed by atoms with E-state index < -0.39 is 0 Å². The monoisotopic (exact) mass is 366 g/mol. The molecule has 5 rings (SSSR count). The van der Waals surface area contributed by atoms with E-state index in [0.29, 0.717) is 6.04 Å². The van der Waals surface area contributed by atoms with Gasteiger partial charge in [0.25, 0.3) is 0 Å². The van der Waals surface area contributed by atoms with Crippen LogP contribution >= 0.6 is 0 Å². The number of benzene rings is 1. The van der Waals surface area contributed by atoms with Crippen molar-refractivity contribution in [1.29, 1.82) is 0 Å². The number of hydrogen-bond acceptors (Lipinski definition) is 6. The van der Waals surface area contributed by atoms with Crippen molar-refractivity contribution in [2.45, 2.75) is 38.9 Å². The molecule has 0 bridgehead atoms. The standard InChI is InChI=1S/C20H22N4O3/c1-14(5-10-24-8-2-7-21-24)23-9-6-17-16(12-23)20(22-27-17)15-3-4-18-19(11-15)26-13-25-18/h2-4,7-8,11,14H,5-6,9-10,12-13H2,1H3/t14-/m0/s1. The number of aryl methyl sites for hydroxylation is 1. The predicted molar refractivity (Wildman–Crippen MR) is 98.5 cm³/mol. The molecule has 1 aromatic carbocycles. The van der Waals surface area contributed by atoms with Gasteiger partial charge in [-0.1, -0.05) is 5.16 Å². The lowest BCUT2D eigenvalue weighted by Gasteiger charge is -2.31. The van der Waals surface area contributed by atoms with Gasteiger partial charge in [-0.25, -0.2) is 0 Å². The molecule has 0 unspecified atom stereocenters. The van der Waals surface area contributed by atoms with Gasteiger partial charge in [-0.2, -0.15) is 5.10 Å². The Hall–Kier alpha value is -2.80. The van der Waals surface area contributed by atoms with Crippen molar-refractivity contribution < 1.29 is 14.0 Å². The van der Waals surface area contributed by atoms with Crippen LogP contribution in [0.15, 0.2) is 41.2 Å². The maximum atomic E-state index is 5.64. The Labute approximate surface area is 157 Å². The first-order valence-corrected chi connectivity index (χ1v) is 9.37. The van der Waals surface area contributed by atoms with Crippen LogP contribution in [0.2, 0.25) is 0 Å². The highest BCUT2D eigenvalue weighted by molar-refractivity contribution is 5.67. The highest BCUT2D eigenvalue weighted by Gasteiger charge is 2.28. The number of fused-ring (bicyclic) bond motifs is 2. The molecule has 0 amide bonds. The third-order valence-corrected chi connectivity index (χ3v) is 5.46. The predicted octanol–water partition coefficient (Wildman–Crippen LogP) is 3.10. The maximum Gasteiger partial charge on any atom is 0.231 e. The molecule has 1 atom stereocenters. The number of hydrogen-bond donors (Lipinski definition) is 0. The summed E-state index contributed by atoms with van der Waals surface area (Å²) in [6.45, 7) is 5.32. The first-order chi connectivity index (χ1) is 13.3. The maximum absolute atomic E-state index is 5.64. The van der Waals surface area contributed by atoms with Crippen molar-refractivity contribution in [3.63, 3.8) is 0 Å². The summed E-state index contributed by atoms with van der Waals surface area (Å²) in [6, 6.07) is 8.37. The minimum absolute atomic E-state index is 0.275. The first kappa shape index (κ1) is 16.4. The van der Waals surface area contributed by atoms with Gasteiger partial charge in [0.2, 0.25) is 6.79 Å². The zero-order chi connectivity index (χ0) is 18.2. The summed E-state index contributed by atoms with van der Waals surface area (Å²) < 4.78 is 18.6. The molecule has 0 radical (unpaired) electrons. The minimum atomic E-state index is 0.275. The van der Waals surface area contributed by atoms with E-state index in [9.17, 15) is 0 Å².